The van der Waals surface area contributed by atoms with Crippen LogP contribution in [0.1, 0.15) is 26.3 Å². The van der Waals surface area contributed by atoms with Crippen LogP contribution in [-0.2, 0) is 0 Å². The standard InChI is InChI=1S/C14H10ClNO3/c15-10-5-6-12(17)11(7-10)13(18)8-1-3-9(4-2-8)14(16)19/h1-7,17H,(H2,16,19). The lowest BCUT2D eigenvalue weighted by Gasteiger charge is -2.05. The van der Waals surface area contributed by atoms with Crippen molar-refractivity contribution in [3.05, 3.63) is 64.2 Å². The highest BCUT2D eigenvalue weighted by atomic mass is 35.5. The molecule has 0 heterocycles. The van der Waals surface area contributed by atoms with E-state index >= 15 is 0 Å². The molecule has 0 radical (unpaired) electrons. The van der Waals surface area contributed by atoms with Crippen LogP contribution in [0.5, 0.6) is 5.75 Å². The number of benzene rings is 2. The van der Waals surface area contributed by atoms with E-state index in [9.17, 15) is 14.7 Å². The molecule has 0 bridgehead atoms. The SMILES string of the molecule is NC(=O)c1ccc(C(=O)c2cc(Cl)ccc2O)cc1. The molecule has 0 spiro atoms. The largest absolute Gasteiger partial charge is 0.507 e. The van der Waals surface area contributed by atoms with Crippen LogP contribution in [0, 0.1) is 0 Å². The van der Waals surface area contributed by atoms with Crippen molar-refractivity contribution in [2.24, 2.45) is 5.73 Å². The van der Waals surface area contributed by atoms with Gasteiger partial charge in [0.05, 0.1) is 5.56 Å². The number of halogens is 1. The van der Waals surface area contributed by atoms with Gasteiger partial charge in [0, 0.05) is 16.1 Å². The van der Waals surface area contributed by atoms with E-state index < -0.39 is 5.91 Å². The number of carbonyl (C=O) groups is 2. The highest BCUT2D eigenvalue weighted by Crippen LogP contribution is 2.24. The molecule has 5 heteroatoms. The maximum atomic E-state index is 12.2. The Kier molecular flexibility index (Phi) is 3.53. The molecule has 4 nitrogen and oxygen atoms in total. The van der Waals surface area contributed by atoms with Crippen LogP contribution in [0.4, 0.5) is 0 Å². The van der Waals surface area contributed by atoms with Gasteiger partial charge in [-0.3, -0.25) is 9.59 Å². The number of hydrogen-bond donors (Lipinski definition) is 2. The lowest BCUT2D eigenvalue weighted by Crippen LogP contribution is -2.11. The minimum Gasteiger partial charge on any atom is -0.507 e. The molecule has 0 aliphatic heterocycles. The molecule has 2 rings (SSSR count). The second kappa shape index (κ2) is 5.12. The summed E-state index contributed by atoms with van der Waals surface area (Å²) in [4.78, 5) is 23.1. The Morgan fingerprint density at radius 2 is 1.58 bits per heavy atom. The van der Waals surface area contributed by atoms with E-state index in [2.05, 4.69) is 0 Å². The fourth-order valence-electron chi connectivity index (χ4n) is 1.63. The summed E-state index contributed by atoms with van der Waals surface area (Å²) in [7, 11) is 0. The number of nitrogens with two attached hydrogens (primary N) is 1. The number of primary amides is 1. The lowest BCUT2D eigenvalue weighted by atomic mass is 10.0. The van der Waals surface area contributed by atoms with Crippen molar-refractivity contribution >= 4 is 23.3 Å². The van der Waals surface area contributed by atoms with Crippen LogP contribution in [0.2, 0.25) is 5.02 Å². The van der Waals surface area contributed by atoms with Crippen LogP contribution in [0.25, 0.3) is 0 Å². The van der Waals surface area contributed by atoms with Crippen molar-refractivity contribution in [3.8, 4) is 5.75 Å². The van der Waals surface area contributed by atoms with Gasteiger partial charge in [0.25, 0.3) is 0 Å². The summed E-state index contributed by atoms with van der Waals surface area (Å²) in [6.07, 6.45) is 0. The fraction of sp³-hybridized carbons (Fsp3) is 0. The molecular weight excluding hydrogens is 266 g/mol. The highest BCUT2D eigenvalue weighted by molar-refractivity contribution is 6.31. The summed E-state index contributed by atoms with van der Waals surface area (Å²) in [6, 6.07) is 10.1. The van der Waals surface area contributed by atoms with Gasteiger partial charge in [0.15, 0.2) is 5.78 Å². The zero-order valence-corrected chi connectivity index (χ0v) is 10.5. The van der Waals surface area contributed by atoms with Crippen molar-refractivity contribution in [2.45, 2.75) is 0 Å². The van der Waals surface area contributed by atoms with E-state index in [4.69, 9.17) is 17.3 Å². The normalized spacial score (nSPS) is 10.2. The van der Waals surface area contributed by atoms with Crippen molar-refractivity contribution < 1.29 is 14.7 Å². The Balaban J connectivity index is 2.38. The van der Waals surface area contributed by atoms with Gasteiger partial charge in [0.1, 0.15) is 5.75 Å². The molecule has 2 aromatic rings. The molecule has 19 heavy (non-hydrogen) atoms. The van der Waals surface area contributed by atoms with E-state index in [1.807, 2.05) is 0 Å². The van der Waals surface area contributed by atoms with Gasteiger partial charge in [-0.25, -0.2) is 0 Å². The first-order valence-electron chi connectivity index (χ1n) is 5.42. The minimum atomic E-state index is -0.565. The van der Waals surface area contributed by atoms with E-state index in [0.29, 0.717) is 16.1 Å². The predicted octanol–water partition coefficient (Wildman–Crippen LogP) is 2.38. The number of carbonyl (C=O) groups excluding carboxylic acids is 2. The Morgan fingerprint density at radius 1 is 1.00 bits per heavy atom. The Morgan fingerprint density at radius 3 is 2.16 bits per heavy atom. The molecule has 0 aromatic heterocycles. The number of rotatable bonds is 3. The third-order valence-corrected chi connectivity index (χ3v) is 2.87. The topological polar surface area (TPSA) is 80.4 Å². The summed E-state index contributed by atoms with van der Waals surface area (Å²) in [6.45, 7) is 0. The van der Waals surface area contributed by atoms with Gasteiger partial charge in [-0.1, -0.05) is 23.7 Å². The average Bonchev–Trinajstić information content (AvgIpc) is 2.41. The third-order valence-electron chi connectivity index (χ3n) is 2.63. The summed E-state index contributed by atoms with van der Waals surface area (Å²) in [5.41, 5.74) is 5.87. The van der Waals surface area contributed by atoms with Crippen molar-refractivity contribution in [2.75, 3.05) is 0 Å². The number of phenolic OH excluding ortho intramolecular Hbond substituents is 1. The van der Waals surface area contributed by atoms with Gasteiger partial charge in [-0.2, -0.15) is 0 Å². The van der Waals surface area contributed by atoms with Crippen LogP contribution in [0.3, 0.4) is 0 Å². The second-order valence-electron chi connectivity index (χ2n) is 3.93. The fourth-order valence-corrected chi connectivity index (χ4v) is 1.80. The Bertz CT molecular complexity index is 650. The van der Waals surface area contributed by atoms with Gasteiger partial charge in [-0.05, 0) is 30.3 Å². The molecule has 1 amide bonds. The van der Waals surface area contributed by atoms with Crippen molar-refractivity contribution in [1.82, 2.24) is 0 Å². The molecule has 0 atom stereocenters. The molecule has 0 aliphatic carbocycles. The molecule has 0 aliphatic rings. The van der Waals surface area contributed by atoms with E-state index in [0.717, 1.165) is 0 Å². The average molecular weight is 276 g/mol. The number of ketones is 1. The van der Waals surface area contributed by atoms with Crippen LogP contribution >= 0.6 is 11.6 Å². The van der Waals surface area contributed by atoms with Crippen molar-refractivity contribution in [1.29, 1.82) is 0 Å². The molecule has 2 aromatic carbocycles. The summed E-state index contributed by atoms with van der Waals surface area (Å²) >= 11 is 5.79. The third kappa shape index (κ3) is 2.74. The van der Waals surface area contributed by atoms with Gasteiger partial charge < -0.3 is 10.8 Å². The first kappa shape index (κ1) is 13.1. The minimum absolute atomic E-state index is 0.110. The Labute approximate surface area is 114 Å². The quantitative estimate of drug-likeness (QED) is 0.844. The number of aromatic hydroxyl groups is 1. The summed E-state index contributed by atoms with van der Waals surface area (Å²) in [5.74, 6) is -1.09. The number of phenols is 1. The van der Waals surface area contributed by atoms with E-state index in [1.165, 1.54) is 42.5 Å². The number of amides is 1. The first-order valence-corrected chi connectivity index (χ1v) is 5.80. The van der Waals surface area contributed by atoms with E-state index in [1.54, 1.807) is 0 Å². The second-order valence-corrected chi connectivity index (χ2v) is 4.37. The smallest absolute Gasteiger partial charge is 0.248 e. The van der Waals surface area contributed by atoms with Crippen LogP contribution in [-0.4, -0.2) is 16.8 Å². The van der Waals surface area contributed by atoms with Crippen LogP contribution in [0.15, 0.2) is 42.5 Å². The molecule has 0 fully saturated rings. The zero-order valence-electron chi connectivity index (χ0n) is 9.76. The van der Waals surface area contributed by atoms with Gasteiger partial charge in [0.2, 0.25) is 5.91 Å². The maximum absolute atomic E-state index is 12.2. The van der Waals surface area contributed by atoms with Gasteiger partial charge in [-0.15, -0.1) is 0 Å². The van der Waals surface area contributed by atoms with Crippen molar-refractivity contribution in [3.63, 3.8) is 0 Å². The summed E-state index contributed by atoms with van der Waals surface area (Å²) < 4.78 is 0. The monoisotopic (exact) mass is 275 g/mol. The zero-order chi connectivity index (χ0) is 14.0. The Hall–Kier alpha value is -2.33. The highest BCUT2D eigenvalue weighted by Gasteiger charge is 2.14. The van der Waals surface area contributed by atoms with E-state index in [-0.39, 0.29) is 17.1 Å². The molecule has 0 saturated carbocycles. The molecular formula is C14H10ClNO3. The molecule has 96 valence electrons. The number of hydrogen-bond acceptors (Lipinski definition) is 3. The first-order chi connectivity index (χ1) is 8.99. The predicted molar refractivity (Wildman–Crippen MR) is 71.5 cm³/mol. The molecule has 0 saturated heterocycles. The van der Waals surface area contributed by atoms with Crippen LogP contribution < -0.4 is 5.73 Å². The maximum Gasteiger partial charge on any atom is 0.248 e. The molecule has 3 N–H and O–H groups in total. The lowest BCUT2D eigenvalue weighted by molar-refractivity contribution is 0.0996. The van der Waals surface area contributed by atoms with Gasteiger partial charge >= 0.3 is 0 Å². The summed E-state index contributed by atoms with van der Waals surface area (Å²) in [5, 5.41) is 10.0. The molecule has 0 unspecified atom stereocenters.